The quantitative estimate of drug-likeness (QED) is 0.471. The summed E-state index contributed by atoms with van der Waals surface area (Å²) in [4.78, 5) is 22.2. The Balaban J connectivity index is 0.000000292. The number of rotatable bonds is 7. The molecule has 1 aromatic carbocycles. The largest absolute Gasteiger partial charge is 1.00 e. The van der Waals surface area contributed by atoms with E-state index >= 15 is 0 Å². The molecule has 156 valence electrons. The number of halogens is 3. The molecular weight excluding hydrogens is 415 g/mol. The number of benzene rings is 1. The molecule has 0 radical (unpaired) electrons. The van der Waals surface area contributed by atoms with Gasteiger partial charge in [0, 0.05) is 5.92 Å². The van der Waals surface area contributed by atoms with Gasteiger partial charge in [0.15, 0.2) is 0 Å². The first kappa shape index (κ1) is 26.5. The molecule has 29 heavy (non-hydrogen) atoms. The monoisotopic (exact) mass is 440 g/mol. The molecule has 5 nitrogen and oxygen atoms in total. The Hall–Kier alpha value is -0.549. The summed E-state index contributed by atoms with van der Waals surface area (Å²) >= 11 is 0. The topological polar surface area (TPSA) is 61.8 Å². The summed E-state index contributed by atoms with van der Waals surface area (Å²) in [6.45, 7) is -0.820. The number of ether oxygens (including phenoxy) is 3. The second-order valence-electron chi connectivity index (χ2n) is 6.86. The Bertz CT molecular complexity index is 683. The molecule has 1 unspecified atom stereocenters. The summed E-state index contributed by atoms with van der Waals surface area (Å²) in [5, 5.41) is 0. The van der Waals surface area contributed by atoms with E-state index in [4.69, 9.17) is 9.47 Å². The molecule has 2 fully saturated rings. The van der Waals surface area contributed by atoms with Gasteiger partial charge in [-0.05, 0) is 43.9 Å². The third-order valence-corrected chi connectivity index (χ3v) is 4.84. The van der Waals surface area contributed by atoms with Crippen LogP contribution in [0, 0.1) is 11.8 Å². The van der Waals surface area contributed by atoms with Gasteiger partial charge in [-0.3, -0.25) is 9.59 Å². The molecule has 0 saturated heterocycles. The molecule has 0 aliphatic heterocycles. The Morgan fingerprint density at radius 3 is 1.90 bits per heavy atom. The number of carbonyl (C=O) groups is 2. The number of hydrogen-bond acceptors (Lipinski definition) is 5. The van der Waals surface area contributed by atoms with E-state index in [1.54, 1.807) is 14.0 Å². The average Bonchev–Trinajstić information content (AvgIpc) is 3.55. The van der Waals surface area contributed by atoms with Crippen molar-refractivity contribution >= 4 is 18.9 Å². The van der Waals surface area contributed by atoms with Crippen LogP contribution in [-0.2, 0) is 19.1 Å². The van der Waals surface area contributed by atoms with Crippen LogP contribution in [0.15, 0.2) is 24.3 Å². The van der Waals surface area contributed by atoms with Gasteiger partial charge in [0.25, 0.3) is 0 Å². The molecule has 2 saturated carbocycles. The van der Waals surface area contributed by atoms with Crippen molar-refractivity contribution in [2.45, 2.75) is 38.4 Å². The van der Waals surface area contributed by atoms with E-state index in [2.05, 4.69) is 4.74 Å². The van der Waals surface area contributed by atoms with Crippen LogP contribution in [0.3, 0.4) is 0 Å². The zero-order valence-electron chi connectivity index (χ0n) is 17.2. The van der Waals surface area contributed by atoms with E-state index in [-0.39, 0.29) is 76.3 Å². The maximum absolute atomic E-state index is 11.9. The van der Waals surface area contributed by atoms with Crippen molar-refractivity contribution in [2.24, 2.45) is 11.8 Å². The van der Waals surface area contributed by atoms with Gasteiger partial charge in [-0.25, -0.2) is 0 Å². The molecule has 2 aliphatic rings. The standard InChI is InChI=1S/C13H16O3.C6H9BF3O2.K/c1-3-16-13(14)12-8-11(12)9-4-6-10(15-2)7-5-9;1-2-12-6(11)4-3-5(4)7(8,9)10;/h4-7,11-12H,3,8H2,1-2H3;4-5H,2-3H2,1H3;/q;-1;+1/t11-,12+;4-,5?;/m10./s1. The zero-order chi connectivity index (χ0) is 20.9. The number of esters is 2. The first-order valence-electron chi connectivity index (χ1n) is 9.40. The summed E-state index contributed by atoms with van der Waals surface area (Å²) in [6, 6.07) is 7.89. The number of hydrogen-bond donors (Lipinski definition) is 0. The van der Waals surface area contributed by atoms with Gasteiger partial charge in [0.05, 0.1) is 26.2 Å². The molecule has 3 rings (SSSR count). The minimum Gasteiger partial charge on any atom is -0.497 e. The van der Waals surface area contributed by atoms with Crippen molar-refractivity contribution in [3.05, 3.63) is 29.8 Å². The minimum atomic E-state index is -4.84. The molecule has 1 aromatic rings. The summed E-state index contributed by atoms with van der Waals surface area (Å²) in [6.07, 6.45) is 0.827. The molecule has 4 atom stereocenters. The molecule has 0 aromatic heterocycles. The van der Waals surface area contributed by atoms with Gasteiger partial charge in [-0.15, -0.1) is 0 Å². The molecule has 2 aliphatic carbocycles. The smallest absolute Gasteiger partial charge is 0.497 e. The zero-order valence-corrected chi connectivity index (χ0v) is 20.3. The molecule has 0 N–H and O–H groups in total. The van der Waals surface area contributed by atoms with Gasteiger partial charge in [-0.2, -0.15) is 0 Å². The summed E-state index contributed by atoms with van der Waals surface area (Å²) in [7, 11) is 1.65. The summed E-state index contributed by atoms with van der Waals surface area (Å²) in [5.74, 6) is -1.84. The predicted octanol–water partition coefficient (Wildman–Crippen LogP) is 1.15. The minimum absolute atomic E-state index is 0. The van der Waals surface area contributed by atoms with E-state index in [1.165, 1.54) is 5.56 Å². The van der Waals surface area contributed by atoms with Gasteiger partial charge < -0.3 is 27.2 Å². The average molecular weight is 440 g/mol. The Labute approximate surface area is 211 Å². The van der Waals surface area contributed by atoms with Crippen LogP contribution in [0.5, 0.6) is 5.75 Å². The van der Waals surface area contributed by atoms with Gasteiger partial charge in [-0.1, -0.05) is 24.4 Å². The van der Waals surface area contributed by atoms with Crippen LogP contribution in [-0.4, -0.2) is 39.2 Å². The van der Waals surface area contributed by atoms with Crippen LogP contribution < -0.4 is 56.1 Å². The van der Waals surface area contributed by atoms with Crippen molar-refractivity contribution in [1.82, 2.24) is 0 Å². The van der Waals surface area contributed by atoms with Gasteiger partial charge in [0.2, 0.25) is 0 Å². The van der Waals surface area contributed by atoms with Gasteiger partial charge >= 0.3 is 70.3 Å². The maximum Gasteiger partial charge on any atom is 1.00 e. The normalized spacial score (nSPS) is 24.2. The Kier molecular flexibility index (Phi) is 10.7. The van der Waals surface area contributed by atoms with Crippen molar-refractivity contribution < 1.29 is 88.1 Å². The fourth-order valence-electron chi connectivity index (χ4n) is 3.08. The van der Waals surface area contributed by atoms with Crippen molar-refractivity contribution in [2.75, 3.05) is 20.3 Å². The van der Waals surface area contributed by atoms with Crippen LogP contribution in [0.1, 0.15) is 38.2 Å². The Morgan fingerprint density at radius 2 is 1.48 bits per heavy atom. The van der Waals surface area contributed by atoms with Crippen LogP contribution in [0.25, 0.3) is 0 Å². The van der Waals surface area contributed by atoms with Crippen LogP contribution in [0.2, 0.25) is 5.82 Å². The number of carbonyl (C=O) groups excluding carboxylic acids is 2. The first-order valence-corrected chi connectivity index (χ1v) is 9.40. The van der Waals surface area contributed by atoms with Gasteiger partial charge in [0.1, 0.15) is 5.75 Å². The molecular formula is C19H25BF3KO5. The molecule has 0 bridgehead atoms. The van der Waals surface area contributed by atoms with Crippen LogP contribution in [0.4, 0.5) is 12.9 Å². The third kappa shape index (κ3) is 7.90. The second-order valence-corrected chi connectivity index (χ2v) is 6.86. The van der Waals surface area contributed by atoms with Crippen LogP contribution >= 0.6 is 0 Å². The fraction of sp³-hybridized carbons (Fsp3) is 0.579. The van der Waals surface area contributed by atoms with E-state index < -0.39 is 24.7 Å². The molecule has 0 heterocycles. The maximum atomic E-state index is 11.9. The van der Waals surface area contributed by atoms with Crippen molar-refractivity contribution in [3.63, 3.8) is 0 Å². The number of methoxy groups -OCH3 is 1. The fourth-order valence-corrected chi connectivity index (χ4v) is 3.08. The Morgan fingerprint density at radius 1 is 0.966 bits per heavy atom. The van der Waals surface area contributed by atoms with E-state index in [1.807, 2.05) is 31.2 Å². The third-order valence-electron chi connectivity index (χ3n) is 4.84. The molecule has 10 heteroatoms. The second kappa shape index (κ2) is 11.7. The van der Waals surface area contributed by atoms with E-state index in [0.717, 1.165) is 12.2 Å². The van der Waals surface area contributed by atoms with Crippen molar-refractivity contribution in [1.29, 1.82) is 0 Å². The van der Waals surface area contributed by atoms with Crippen molar-refractivity contribution in [3.8, 4) is 5.75 Å². The van der Waals surface area contributed by atoms with E-state index in [9.17, 15) is 22.5 Å². The predicted molar refractivity (Wildman–Crippen MR) is 98.0 cm³/mol. The van der Waals surface area contributed by atoms with E-state index in [0.29, 0.717) is 12.5 Å². The first-order chi connectivity index (χ1) is 13.2. The molecule has 0 amide bonds. The molecule has 0 spiro atoms. The summed E-state index contributed by atoms with van der Waals surface area (Å²) < 4.78 is 50.4. The summed E-state index contributed by atoms with van der Waals surface area (Å²) in [5.41, 5.74) is 1.19. The SMILES string of the molecule is CCOC(=O)[C@H]1CC1[B-](F)(F)F.CCOC(=O)[C@H]1C[C@@H]1c1ccc(OC)cc1.[K+].